The minimum atomic E-state index is -3.27. The molecule has 3 aromatic rings. The monoisotopic (exact) mass is 342 g/mol. The molecule has 2 heterocycles. The first-order valence-corrected chi connectivity index (χ1v) is 9.28. The number of hydrogen-bond acceptors (Lipinski definition) is 5. The highest BCUT2D eigenvalue weighted by Gasteiger charge is 2.14. The van der Waals surface area contributed by atoms with Crippen molar-refractivity contribution >= 4 is 9.84 Å². The van der Waals surface area contributed by atoms with E-state index in [1.54, 1.807) is 36.9 Å². The standard InChI is InChI=1S/C17H18N4O2S/c1-14-3-5-15(6-4-14)24(22,23)12-2-10-21-11-9-20-17(21)16-13-18-7-8-19-16/h3-9,11,13H,2,10,12H2,1H3. The van der Waals surface area contributed by atoms with Crippen LogP contribution in [0.5, 0.6) is 0 Å². The molecule has 0 radical (unpaired) electrons. The van der Waals surface area contributed by atoms with Crippen molar-refractivity contribution in [2.45, 2.75) is 24.8 Å². The first-order valence-electron chi connectivity index (χ1n) is 7.63. The Bertz CT molecular complexity index is 903. The summed E-state index contributed by atoms with van der Waals surface area (Å²) in [7, 11) is -3.27. The molecular weight excluding hydrogens is 324 g/mol. The van der Waals surface area contributed by atoms with E-state index >= 15 is 0 Å². The summed E-state index contributed by atoms with van der Waals surface area (Å²) in [6, 6.07) is 6.95. The Labute approximate surface area is 141 Å². The minimum absolute atomic E-state index is 0.0914. The number of rotatable bonds is 6. The van der Waals surface area contributed by atoms with E-state index in [-0.39, 0.29) is 5.75 Å². The summed E-state index contributed by atoms with van der Waals surface area (Å²) in [5.41, 5.74) is 1.71. The van der Waals surface area contributed by atoms with E-state index in [1.165, 1.54) is 0 Å². The van der Waals surface area contributed by atoms with E-state index in [0.717, 1.165) is 5.56 Å². The zero-order valence-corrected chi connectivity index (χ0v) is 14.1. The SMILES string of the molecule is Cc1ccc(S(=O)(=O)CCCn2ccnc2-c2cnccn2)cc1. The number of benzene rings is 1. The van der Waals surface area contributed by atoms with Crippen LogP contribution in [0.2, 0.25) is 0 Å². The molecule has 24 heavy (non-hydrogen) atoms. The first kappa shape index (κ1) is 16.3. The first-order chi connectivity index (χ1) is 11.6. The van der Waals surface area contributed by atoms with Gasteiger partial charge in [0.15, 0.2) is 15.7 Å². The number of hydrogen-bond donors (Lipinski definition) is 0. The van der Waals surface area contributed by atoms with Crippen LogP contribution in [-0.2, 0) is 16.4 Å². The fourth-order valence-corrected chi connectivity index (χ4v) is 3.72. The van der Waals surface area contributed by atoms with Gasteiger partial charge in [-0.2, -0.15) is 0 Å². The Hall–Kier alpha value is -2.54. The van der Waals surface area contributed by atoms with E-state index in [0.29, 0.717) is 29.4 Å². The molecule has 0 fully saturated rings. The van der Waals surface area contributed by atoms with Gasteiger partial charge in [-0.25, -0.2) is 18.4 Å². The van der Waals surface area contributed by atoms with Crippen molar-refractivity contribution in [1.82, 2.24) is 19.5 Å². The van der Waals surface area contributed by atoms with E-state index in [2.05, 4.69) is 15.0 Å². The van der Waals surface area contributed by atoms with Crippen molar-refractivity contribution in [3.8, 4) is 11.5 Å². The zero-order valence-electron chi connectivity index (χ0n) is 13.3. The van der Waals surface area contributed by atoms with E-state index in [4.69, 9.17) is 0 Å². The summed E-state index contributed by atoms with van der Waals surface area (Å²) in [5, 5.41) is 0. The molecular formula is C17H18N4O2S. The topological polar surface area (TPSA) is 77.7 Å². The minimum Gasteiger partial charge on any atom is -0.330 e. The van der Waals surface area contributed by atoms with Gasteiger partial charge in [0.1, 0.15) is 5.69 Å². The molecule has 0 spiro atoms. The molecule has 0 amide bonds. The van der Waals surface area contributed by atoms with Gasteiger partial charge in [0.05, 0.1) is 16.8 Å². The Morgan fingerprint density at radius 3 is 2.54 bits per heavy atom. The lowest BCUT2D eigenvalue weighted by Crippen LogP contribution is -2.10. The van der Waals surface area contributed by atoms with E-state index in [1.807, 2.05) is 29.8 Å². The van der Waals surface area contributed by atoms with Crippen LogP contribution < -0.4 is 0 Å². The van der Waals surface area contributed by atoms with Gasteiger partial charge in [-0.15, -0.1) is 0 Å². The van der Waals surface area contributed by atoms with Crippen molar-refractivity contribution in [3.63, 3.8) is 0 Å². The number of aryl methyl sites for hydroxylation is 2. The molecule has 0 saturated heterocycles. The van der Waals surface area contributed by atoms with Crippen LogP contribution in [0.4, 0.5) is 0 Å². The van der Waals surface area contributed by atoms with Gasteiger partial charge in [-0.1, -0.05) is 17.7 Å². The maximum absolute atomic E-state index is 12.4. The maximum atomic E-state index is 12.4. The van der Waals surface area contributed by atoms with E-state index in [9.17, 15) is 8.42 Å². The molecule has 6 nitrogen and oxygen atoms in total. The van der Waals surface area contributed by atoms with E-state index < -0.39 is 9.84 Å². The van der Waals surface area contributed by atoms with Crippen molar-refractivity contribution in [2.24, 2.45) is 0 Å². The second-order valence-electron chi connectivity index (χ2n) is 5.52. The summed E-state index contributed by atoms with van der Waals surface area (Å²) in [5.74, 6) is 0.782. The van der Waals surface area contributed by atoms with Crippen LogP contribution in [0.3, 0.4) is 0 Å². The number of sulfone groups is 1. The van der Waals surface area contributed by atoms with Gasteiger partial charge in [0.25, 0.3) is 0 Å². The zero-order chi connectivity index (χ0) is 17.0. The largest absolute Gasteiger partial charge is 0.330 e. The van der Waals surface area contributed by atoms with Crippen molar-refractivity contribution < 1.29 is 8.42 Å². The van der Waals surface area contributed by atoms with Gasteiger partial charge in [-0.3, -0.25) is 4.98 Å². The van der Waals surface area contributed by atoms with Gasteiger partial charge in [0.2, 0.25) is 0 Å². The van der Waals surface area contributed by atoms with Gasteiger partial charge in [-0.05, 0) is 25.5 Å². The van der Waals surface area contributed by atoms with Gasteiger partial charge >= 0.3 is 0 Å². The quantitative estimate of drug-likeness (QED) is 0.688. The number of aromatic nitrogens is 4. The summed E-state index contributed by atoms with van der Waals surface area (Å²) in [6.07, 6.45) is 8.85. The predicted octanol–water partition coefficient (Wildman–Crippen LogP) is 2.51. The second kappa shape index (κ2) is 6.92. The van der Waals surface area contributed by atoms with Gasteiger partial charge < -0.3 is 4.57 Å². The normalized spacial score (nSPS) is 11.5. The molecule has 0 atom stereocenters. The molecule has 3 rings (SSSR count). The van der Waals surface area contributed by atoms with Crippen LogP contribution in [0.25, 0.3) is 11.5 Å². The lowest BCUT2D eigenvalue weighted by molar-refractivity contribution is 0.587. The third kappa shape index (κ3) is 3.68. The molecule has 0 bridgehead atoms. The Kier molecular flexibility index (Phi) is 4.71. The van der Waals surface area contributed by atoms with Crippen molar-refractivity contribution in [1.29, 1.82) is 0 Å². The fourth-order valence-electron chi connectivity index (χ4n) is 2.43. The Morgan fingerprint density at radius 2 is 1.83 bits per heavy atom. The van der Waals surface area contributed by atoms with Crippen LogP contribution in [0.1, 0.15) is 12.0 Å². The summed E-state index contributed by atoms with van der Waals surface area (Å²) >= 11 is 0. The summed E-state index contributed by atoms with van der Waals surface area (Å²) in [4.78, 5) is 12.9. The number of nitrogens with zero attached hydrogens (tertiary/aromatic N) is 4. The molecule has 2 aromatic heterocycles. The smallest absolute Gasteiger partial charge is 0.178 e. The highest BCUT2D eigenvalue weighted by Crippen LogP contribution is 2.16. The predicted molar refractivity (Wildman–Crippen MR) is 91.1 cm³/mol. The van der Waals surface area contributed by atoms with Crippen LogP contribution in [0.15, 0.2) is 60.1 Å². The molecule has 0 saturated carbocycles. The highest BCUT2D eigenvalue weighted by atomic mass is 32.2. The number of imidazole rings is 1. The molecule has 124 valence electrons. The molecule has 0 aliphatic heterocycles. The molecule has 1 aromatic carbocycles. The van der Waals surface area contributed by atoms with Crippen LogP contribution >= 0.6 is 0 Å². The molecule has 0 unspecified atom stereocenters. The van der Waals surface area contributed by atoms with Crippen LogP contribution in [-0.4, -0.2) is 33.7 Å². The fraction of sp³-hybridized carbons (Fsp3) is 0.235. The van der Waals surface area contributed by atoms with Gasteiger partial charge in [0, 0.05) is 31.3 Å². The summed E-state index contributed by atoms with van der Waals surface area (Å²) in [6.45, 7) is 2.49. The Morgan fingerprint density at radius 1 is 1.04 bits per heavy atom. The van der Waals surface area contributed by atoms with Crippen molar-refractivity contribution in [3.05, 3.63) is 60.8 Å². The lowest BCUT2D eigenvalue weighted by Gasteiger charge is -2.08. The third-order valence-corrected chi connectivity index (χ3v) is 5.52. The molecule has 0 aliphatic rings. The lowest BCUT2D eigenvalue weighted by atomic mass is 10.2. The molecule has 0 N–H and O–H groups in total. The average Bonchev–Trinajstić information content (AvgIpc) is 3.04. The summed E-state index contributed by atoms with van der Waals surface area (Å²) < 4.78 is 26.7. The molecule has 0 aliphatic carbocycles. The Balaban J connectivity index is 1.67. The third-order valence-electron chi connectivity index (χ3n) is 3.70. The molecule has 7 heteroatoms. The van der Waals surface area contributed by atoms with Crippen molar-refractivity contribution in [2.75, 3.05) is 5.75 Å². The maximum Gasteiger partial charge on any atom is 0.178 e. The highest BCUT2D eigenvalue weighted by molar-refractivity contribution is 7.91. The second-order valence-corrected chi connectivity index (χ2v) is 7.63. The van der Waals surface area contributed by atoms with Crippen LogP contribution in [0, 0.1) is 6.92 Å². The average molecular weight is 342 g/mol.